The van der Waals surface area contributed by atoms with E-state index in [1.165, 1.54) is 0 Å². The van der Waals surface area contributed by atoms with E-state index in [0.717, 1.165) is 6.20 Å². The Morgan fingerprint density at radius 3 is 2.78 bits per heavy atom. The molecule has 0 aliphatic heterocycles. The third-order valence-corrected chi connectivity index (χ3v) is 2.31. The number of fused-ring (bicyclic) bond motifs is 1. The Labute approximate surface area is 100.0 Å². The first-order valence-corrected chi connectivity index (χ1v) is 5.02. The van der Waals surface area contributed by atoms with Gasteiger partial charge in [0.2, 0.25) is 5.95 Å². The Kier molecular flexibility index (Phi) is 3.19. The minimum absolute atomic E-state index is 0.0125. The highest BCUT2D eigenvalue weighted by atomic mass is 16.4. The summed E-state index contributed by atoms with van der Waals surface area (Å²) in [6.07, 6.45) is -1.69. The molecule has 9 heteroatoms. The van der Waals surface area contributed by atoms with Crippen molar-refractivity contribution in [3.63, 3.8) is 0 Å². The van der Waals surface area contributed by atoms with Crippen molar-refractivity contribution in [2.45, 2.75) is 12.2 Å². The third kappa shape index (κ3) is 2.14. The maximum Gasteiger partial charge on any atom is 0.280 e. The fraction of sp³-hybridized carbons (Fsp3) is 0.333. The number of aliphatic hydroxyl groups is 3. The predicted octanol–water partition coefficient (Wildman–Crippen LogP) is -2.32. The predicted molar refractivity (Wildman–Crippen MR) is 60.4 cm³/mol. The van der Waals surface area contributed by atoms with Crippen LogP contribution in [0.4, 0.5) is 5.95 Å². The van der Waals surface area contributed by atoms with Crippen LogP contribution < -0.4 is 11.3 Å². The standard InChI is InChI=1S/C9H11N5O4/c10-9-13-7-5(8(18)14-9)11-1-3(12-7)6(17)4(16)2-15/h1,4,6,15-17H,2H2,(H3,10,12,13,14,18). The third-order valence-electron chi connectivity index (χ3n) is 2.31. The number of rotatable bonds is 3. The molecule has 18 heavy (non-hydrogen) atoms. The van der Waals surface area contributed by atoms with E-state index in [1.807, 2.05) is 0 Å². The average Bonchev–Trinajstić information content (AvgIpc) is 2.36. The second-order valence-corrected chi connectivity index (χ2v) is 3.61. The van der Waals surface area contributed by atoms with E-state index < -0.39 is 24.4 Å². The van der Waals surface area contributed by atoms with Crippen LogP contribution in [0.1, 0.15) is 11.8 Å². The monoisotopic (exact) mass is 253 g/mol. The molecule has 2 aromatic rings. The molecule has 0 fully saturated rings. The van der Waals surface area contributed by atoms with Crippen LogP contribution >= 0.6 is 0 Å². The van der Waals surface area contributed by atoms with Gasteiger partial charge in [-0.05, 0) is 0 Å². The van der Waals surface area contributed by atoms with Crippen LogP contribution in [0.2, 0.25) is 0 Å². The lowest BCUT2D eigenvalue weighted by atomic mass is 10.1. The number of H-pyrrole nitrogens is 1. The Morgan fingerprint density at radius 2 is 2.11 bits per heavy atom. The maximum absolute atomic E-state index is 11.4. The molecule has 2 rings (SSSR count). The molecule has 2 unspecified atom stereocenters. The van der Waals surface area contributed by atoms with Crippen LogP contribution in [0.3, 0.4) is 0 Å². The van der Waals surface area contributed by atoms with Crippen LogP contribution in [-0.4, -0.2) is 48.0 Å². The first-order valence-electron chi connectivity index (χ1n) is 5.02. The molecule has 0 spiro atoms. The minimum Gasteiger partial charge on any atom is -0.394 e. The van der Waals surface area contributed by atoms with Gasteiger partial charge in [0.25, 0.3) is 5.56 Å². The van der Waals surface area contributed by atoms with Crippen molar-refractivity contribution in [2.75, 3.05) is 12.3 Å². The number of anilines is 1. The van der Waals surface area contributed by atoms with Crippen molar-refractivity contribution in [3.8, 4) is 0 Å². The number of aromatic nitrogens is 4. The lowest BCUT2D eigenvalue weighted by Gasteiger charge is -2.14. The Balaban J connectivity index is 2.53. The number of nitrogens with zero attached hydrogens (tertiary/aromatic N) is 3. The lowest BCUT2D eigenvalue weighted by molar-refractivity contribution is -0.0173. The minimum atomic E-state index is -1.42. The number of nitrogens with two attached hydrogens (primary N) is 1. The van der Waals surface area contributed by atoms with E-state index in [0.29, 0.717) is 0 Å². The number of nitrogen functional groups attached to an aromatic ring is 1. The van der Waals surface area contributed by atoms with Crippen molar-refractivity contribution >= 4 is 17.1 Å². The number of nitrogens with one attached hydrogen (secondary N) is 1. The molecule has 2 heterocycles. The second kappa shape index (κ2) is 4.64. The van der Waals surface area contributed by atoms with Crippen molar-refractivity contribution in [2.24, 2.45) is 0 Å². The van der Waals surface area contributed by atoms with Crippen LogP contribution in [0, 0.1) is 0 Å². The fourth-order valence-corrected chi connectivity index (χ4v) is 1.39. The summed E-state index contributed by atoms with van der Waals surface area (Å²) in [7, 11) is 0. The van der Waals surface area contributed by atoms with E-state index in [1.54, 1.807) is 0 Å². The fourth-order valence-electron chi connectivity index (χ4n) is 1.39. The van der Waals surface area contributed by atoms with Gasteiger partial charge < -0.3 is 21.1 Å². The first kappa shape index (κ1) is 12.4. The Morgan fingerprint density at radius 1 is 1.39 bits per heavy atom. The van der Waals surface area contributed by atoms with Gasteiger partial charge in [0, 0.05) is 0 Å². The molecule has 0 bridgehead atoms. The van der Waals surface area contributed by atoms with Gasteiger partial charge in [-0.25, -0.2) is 9.97 Å². The molecule has 6 N–H and O–H groups in total. The van der Waals surface area contributed by atoms with Crippen molar-refractivity contribution in [1.29, 1.82) is 0 Å². The van der Waals surface area contributed by atoms with Gasteiger partial charge in [0.05, 0.1) is 18.5 Å². The van der Waals surface area contributed by atoms with Gasteiger partial charge in [0.1, 0.15) is 12.2 Å². The van der Waals surface area contributed by atoms with Gasteiger partial charge in [0.15, 0.2) is 11.2 Å². The van der Waals surface area contributed by atoms with Gasteiger partial charge in [-0.1, -0.05) is 0 Å². The lowest BCUT2D eigenvalue weighted by Crippen LogP contribution is -2.23. The quantitative estimate of drug-likeness (QED) is 0.407. The van der Waals surface area contributed by atoms with Crippen molar-refractivity contribution in [1.82, 2.24) is 19.9 Å². The summed E-state index contributed by atoms with van der Waals surface area (Å²) in [6.45, 7) is -0.633. The molecule has 0 aromatic carbocycles. The molecule has 2 aromatic heterocycles. The smallest absolute Gasteiger partial charge is 0.280 e. The summed E-state index contributed by atoms with van der Waals surface area (Å²) in [5.74, 6) is -0.129. The molecule has 2 atom stereocenters. The molecule has 0 radical (unpaired) electrons. The number of aliphatic hydroxyl groups excluding tert-OH is 3. The van der Waals surface area contributed by atoms with E-state index in [2.05, 4.69) is 19.9 Å². The Bertz CT molecular complexity index is 628. The maximum atomic E-state index is 11.4. The zero-order valence-corrected chi connectivity index (χ0v) is 9.11. The molecule has 0 amide bonds. The first-order chi connectivity index (χ1) is 8.52. The van der Waals surface area contributed by atoms with Gasteiger partial charge >= 0.3 is 0 Å². The number of aromatic amines is 1. The summed E-state index contributed by atoms with van der Waals surface area (Å²) < 4.78 is 0. The summed E-state index contributed by atoms with van der Waals surface area (Å²) >= 11 is 0. The molecule has 0 aliphatic carbocycles. The van der Waals surface area contributed by atoms with Crippen molar-refractivity contribution < 1.29 is 15.3 Å². The normalized spacial score (nSPS) is 14.6. The summed E-state index contributed by atoms with van der Waals surface area (Å²) in [4.78, 5) is 25.1. The highest BCUT2D eigenvalue weighted by Gasteiger charge is 2.20. The highest BCUT2D eigenvalue weighted by molar-refractivity contribution is 5.69. The topological polar surface area (TPSA) is 158 Å². The Hall–Kier alpha value is -2.10. The zero-order valence-electron chi connectivity index (χ0n) is 9.11. The van der Waals surface area contributed by atoms with E-state index in [-0.39, 0.29) is 22.8 Å². The van der Waals surface area contributed by atoms with Gasteiger partial charge in [-0.2, -0.15) is 4.98 Å². The second-order valence-electron chi connectivity index (χ2n) is 3.61. The molecule has 9 nitrogen and oxygen atoms in total. The van der Waals surface area contributed by atoms with Gasteiger partial charge in [-0.3, -0.25) is 9.78 Å². The summed E-state index contributed by atoms with van der Waals surface area (Å²) in [6, 6.07) is 0. The molecular weight excluding hydrogens is 242 g/mol. The van der Waals surface area contributed by atoms with Crippen LogP contribution in [-0.2, 0) is 0 Å². The van der Waals surface area contributed by atoms with Crippen LogP contribution in [0.25, 0.3) is 11.2 Å². The van der Waals surface area contributed by atoms with Crippen LogP contribution in [0.5, 0.6) is 0 Å². The van der Waals surface area contributed by atoms with Gasteiger partial charge in [-0.15, -0.1) is 0 Å². The molecule has 96 valence electrons. The number of hydrogen-bond donors (Lipinski definition) is 5. The van der Waals surface area contributed by atoms with E-state index in [4.69, 9.17) is 10.8 Å². The van der Waals surface area contributed by atoms with E-state index >= 15 is 0 Å². The number of hydrogen-bond acceptors (Lipinski definition) is 8. The average molecular weight is 253 g/mol. The largest absolute Gasteiger partial charge is 0.394 e. The van der Waals surface area contributed by atoms with Crippen molar-refractivity contribution in [3.05, 3.63) is 22.2 Å². The van der Waals surface area contributed by atoms with E-state index in [9.17, 15) is 15.0 Å². The summed E-state index contributed by atoms with van der Waals surface area (Å²) in [5.41, 5.74) is 4.72. The SMILES string of the molecule is Nc1nc2nc(C(O)C(O)CO)cnc2c(=O)[nH]1. The zero-order chi connectivity index (χ0) is 13.3. The molecule has 0 aliphatic rings. The molecular formula is C9H11N5O4. The summed E-state index contributed by atoms with van der Waals surface area (Å²) in [5, 5.41) is 27.6. The highest BCUT2D eigenvalue weighted by Crippen LogP contribution is 2.15. The van der Waals surface area contributed by atoms with Crippen LogP contribution in [0.15, 0.2) is 11.0 Å². The molecule has 0 saturated heterocycles. The molecule has 0 saturated carbocycles.